The van der Waals surface area contributed by atoms with E-state index in [1.807, 2.05) is 0 Å². The van der Waals surface area contributed by atoms with Crippen LogP contribution < -0.4 is 16.6 Å². The maximum Gasteiger partial charge on any atom is 0.167 e. The first-order chi connectivity index (χ1) is 19.0. The standard InChI is InChI=1S/C16H21FN4O4.C9H9F2N3O/c1-20(2)16-15(24)13(14(23)12(8-22)25-16)21-7-11(18-19-21)9-4-3-5-10(17)6-9;10-8-2-1-7(3-9(8)11)14(13)4-6(12)5-15/h3-7,12-16,22-24H,8H2,1-2H3;1-5H,12-13H2/b;6-4-. The highest BCUT2D eigenvalue weighted by molar-refractivity contribution is 5.72. The van der Waals surface area contributed by atoms with Gasteiger partial charge in [-0.25, -0.2) is 23.7 Å². The summed E-state index contributed by atoms with van der Waals surface area (Å²) in [5, 5.41) is 39.4. The zero-order valence-corrected chi connectivity index (χ0v) is 21.6. The van der Waals surface area contributed by atoms with Gasteiger partial charge in [-0.2, -0.15) is 0 Å². The van der Waals surface area contributed by atoms with Crippen LogP contribution in [0.4, 0.5) is 18.9 Å². The summed E-state index contributed by atoms with van der Waals surface area (Å²) in [6.07, 6.45) is -0.874. The van der Waals surface area contributed by atoms with Gasteiger partial charge in [0.25, 0.3) is 0 Å². The van der Waals surface area contributed by atoms with Gasteiger partial charge in [0.2, 0.25) is 0 Å². The highest BCUT2D eigenvalue weighted by atomic mass is 19.2. The van der Waals surface area contributed by atoms with Gasteiger partial charge in [-0.15, -0.1) is 5.10 Å². The molecule has 1 aromatic heterocycles. The summed E-state index contributed by atoms with van der Waals surface area (Å²) in [6.45, 7) is -0.403. The van der Waals surface area contributed by atoms with E-state index < -0.39 is 54.6 Å². The van der Waals surface area contributed by atoms with Gasteiger partial charge in [-0.05, 0) is 38.4 Å². The second kappa shape index (κ2) is 13.5. The first-order valence-electron chi connectivity index (χ1n) is 11.8. The van der Waals surface area contributed by atoms with Crippen LogP contribution in [-0.4, -0.2) is 86.7 Å². The Balaban J connectivity index is 0.000000252. The molecule has 5 atom stereocenters. The molecule has 0 aliphatic carbocycles. The van der Waals surface area contributed by atoms with E-state index in [1.54, 1.807) is 31.1 Å². The van der Waals surface area contributed by atoms with Gasteiger partial charge < -0.3 is 25.8 Å². The third kappa shape index (κ3) is 7.20. The highest BCUT2D eigenvalue weighted by Gasteiger charge is 2.46. The zero-order chi connectivity index (χ0) is 29.6. The monoisotopic (exact) mass is 565 g/mol. The van der Waals surface area contributed by atoms with Gasteiger partial charge in [-0.1, -0.05) is 17.3 Å². The maximum atomic E-state index is 13.4. The van der Waals surface area contributed by atoms with E-state index in [-0.39, 0.29) is 11.4 Å². The minimum atomic E-state index is -1.18. The number of halogens is 3. The van der Waals surface area contributed by atoms with Crippen molar-refractivity contribution in [1.29, 1.82) is 0 Å². The van der Waals surface area contributed by atoms with Gasteiger partial charge in [0.15, 0.2) is 17.9 Å². The Kier molecular flexibility index (Phi) is 10.3. The van der Waals surface area contributed by atoms with Crippen LogP contribution in [0.1, 0.15) is 6.04 Å². The number of nitrogens with zero attached hydrogens (tertiary/aromatic N) is 5. The quantitative estimate of drug-likeness (QED) is 0.115. The lowest BCUT2D eigenvalue weighted by molar-refractivity contribution is -0.239. The molecule has 7 N–H and O–H groups in total. The van der Waals surface area contributed by atoms with Gasteiger partial charge in [0.1, 0.15) is 42.1 Å². The Bertz CT molecular complexity index is 1330. The van der Waals surface area contributed by atoms with Crippen molar-refractivity contribution in [3.8, 4) is 11.3 Å². The minimum Gasteiger partial charge on any atom is -0.395 e. The molecule has 5 unspecified atom stereocenters. The molecule has 1 aliphatic heterocycles. The number of aromatic nitrogens is 3. The number of carbonyl (C=O) groups is 1. The summed E-state index contributed by atoms with van der Waals surface area (Å²) in [5.74, 6) is 3.02. The van der Waals surface area contributed by atoms with Crippen molar-refractivity contribution in [2.45, 2.75) is 30.6 Å². The minimum absolute atomic E-state index is 0.123. The van der Waals surface area contributed by atoms with Crippen LogP contribution in [0.2, 0.25) is 0 Å². The number of aldehydes is 1. The fourth-order valence-corrected chi connectivity index (χ4v) is 3.94. The van der Waals surface area contributed by atoms with Crippen LogP contribution in [0.15, 0.2) is 60.6 Å². The zero-order valence-electron chi connectivity index (χ0n) is 21.6. The molecule has 40 heavy (non-hydrogen) atoms. The number of carbonyl (C=O) groups excluding carboxylic acids is 1. The third-order valence-electron chi connectivity index (χ3n) is 5.94. The SMILES string of the molecule is CN(C)C1OC(CO)C(O)C(n2cc(-c3cccc(F)c3)nn2)C1O.N/C(C=O)=C\N(N)c1ccc(F)c(F)c1. The number of ether oxygens (including phenoxy) is 1. The van der Waals surface area contributed by atoms with E-state index in [1.165, 1.54) is 29.1 Å². The van der Waals surface area contributed by atoms with Crippen molar-refractivity contribution < 1.29 is 38.0 Å². The lowest BCUT2D eigenvalue weighted by Crippen LogP contribution is -2.59. The Labute approximate surface area is 227 Å². The van der Waals surface area contributed by atoms with Crippen molar-refractivity contribution >= 4 is 12.0 Å². The summed E-state index contributed by atoms with van der Waals surface area (Å²) < 4.78 is 45.6. The third-order valence-corrected chi connectivity index (χ3v) is 5.94. The number of allylic oxidation sites excluding steroid dienone is 1. The van der Waals surface area contributed by atoms with Crippen molar-refractivity contribution in [3.63, 3.8) is 0 Å². The summed E-state index contributed by atoms with van der Waals surface area (Å²) in [7, 11) is 3.44. The first-order valence-corrected chi connectivity index (χ1v) is 11.8. The Morgan fingerprint density at radius 1 is 1.12 bits per heavy atom. The smallest absolute Gasteiger partial charge is 0.167 e. The molecule has 216 valence electrons. The molecule has 1 fully saturated rings. The summed E-state index contributed by atoms with van der Waals surface area (Å²) in [4.78, 5) is 11.8. The van der Waals surface area contributed by atoms with Crippen LogP contribution in [0.5, 0.6) is 0 Å². The van der Waals surface area contributed by atoms with Crippen LogP contribution in [-0.2, 0) is 9.53 Å². The summed E-state index contributed by atoms with van der Waals surface area (Å²) in [6, 6.07) is 8.11. The maximum absolute atomic E-state index is 13.4. The van der Waals surface area contributed by atoms with E-state index in [0.717, 1.165) is 23.3 Å². The Hall–Kier alpha value is -3.86. The second-order valence-electron chi connectivity index (χ2n) is 9.03. The lowest BCUT2D eigenvalue weighted by Gasteiger charge is -2.44. The number of hydrogen-bond acceptors (Lipinski definition) is 11. The van der Waals surface area contributed by atoms with Gasteiger partial charge in [0.05, 0.1) is 24.2 Å². The molecule has 12 nitrogen and oxygen atoms in total. The molecule has 1 aliphatic rings. The molecular formula is C25H30F3N7O5. The predicted molar refractivity (Wildman–Crippen MR) is 137 cm³/mol. The molecular weight excluding hydrogens is 535 g/mol. The van der Waals surface area contributed by atoms with E-state index in [4.69, 9.17) is 16.3 Å². The number of anilines is 1. The number of aliphatic hydroxyl groups is 3. The number of rotatable bonds is 7. The summed E-state index contributed by atoms with van der Waals surface area (Å²) >= 11 is 0. The van der Waals surface area contributed by atoms with Crippen molar-refractivity contribution in [3.05, 3.63) is 78.0 Å². The average molecular weight is 566 g/mol. The highest BCUT2D eigenvalue weighted by Crippen LogP contribution is 2.31. The van der Waals surface area contributed by atoms with Crippen LogP contribution in [0.25, 0.3) is 11.3 Å². The van der Waals surface area contributed by atoms with E-state index in [9.17, 15) is 33.3 Å². The van der Waals surface area contributed by atoms with Gasteiger partial charge >= 0.3 is 0 Å². The molecule has 3 aromatic rings. The molecule has 0 bridgehead atoms. The number of hydrazine groups is 1. The Morgan fingerprint density at radius 3 is 2.45 bits per heavy atom. The van der Waals surface area contributed by atoms with E-state index in [0.29, 0.717) is 17.5 Å². The van der Waals surface area contributed by atoms with E-state index >= 15 is 0 Å². The number of benzene rings is 2. The van der Waals surface area contributed by atoms with Gasteiger partial charge in [0, 0.05) is 17.8 Å². The molecule has 0 radical (unpaired) electrons. The predicted octanol–water partition coefficient (Wildman–Crippen LogP) is 0.270. The second-order valence-corrected chi connectivity index (χ2v) is 9.03. The molecule has 4 rings (SSSR count). The Morgan fingerprint density at radius 2 is 1.85 bits per heavy atom. The number of nitrogens with two attached hydrogens (primary N) is 2. The fourth-order valence-electron chi connectivity index (χ4n) is 3.94. The lowest BCUT2D eigenvalue weighted by atomic mass is 9.95. The van der Waals surface area contributed by atoms with Crippen molar-refractivity contribution in [2.24, 2.45) is 11.6 Å². The number of likely N-dealkylation sites (N-methyl/N-ethyl adjacent to an activating group) is 1. The molecule has 1 saturated heterocycles. The number of aliphatic hydroxyl groups excluding tert-OH is 3. The number of hydrogen-bond donors (Lipinski definition) is 5. The van der Waals surface area contributed by atoms with Gasteiger partial charge in [-0.3, -0.25) is 14.7 Å². The molecule has 0 amide bonds. The summed E-state index contributed by atoms with van der Waals surface area (Å²) in [5.41, 5.74) is 6.18. The molecule has 0 saturated carbocycles. The van der Waals surface area contributed by atoms with Crippen molar-refractivity contribution in [1.82, 2.24) is 19.9 Å². The molecule has 0 spiro atoms. The fraction of sp³-hybridized carbons (Fsp3) is 0.320. The topological polar surface area (TPSA) is 176 Å². The molecule has 2 aromatic carbocycles. The first kappa shape index (κ1) is 30.7. The normalized spacial score (nSPS) is 22.9. The van der Waals surface area contributed by atoms with Crippen LogP contribution >= 0.6 is 0 Å². The van der Waals surface area contributed by atoms with Crippen LogP contribution in [0, 0.1) is 17.5 Å². The van der Waals surface area contributed by atoms with Crippen molar-refractivity contribution in [2.75, 3.05) is 25.7 Å². The molecule has 15 heteroatoms. The van der Waals surface area contributed by atoms with Crippen LogP contribution in [0.3, 0.4) is 0 Å². The average Bonchev–Trinajstić information content (AvgIpc) is 3.40. The molecule has 2 heterocycles. The largest absolute Gasteiger partial charge is 0.395 e. The van der Waals surface area contributed by atoms with E-state index in [2.05, 4.69) is 10.3 Å².